The third-order valence-corrected chi connectivity index (χ3v) is 5.19. The molecule has 0 aliphatic heterocycles. The largest absolute Gasteiger partial charge is 0.483 e. The molecule has 0 spiro atoms. The van der Waals surface area contributed by atoms with Gasteiger partial charge in [0.05, 0.1) is 5.92 Å². The molecule has 2 aromatic rings. The second-order valence-electron chi connectivity index (χ2n) is 7.06. The summed E-state index contributed by atoms with van der Waals surface area (Å²) >= 11 is 5.94. The van der Waals surface area contributed by atoms with Crippen molar-refractivity contribution in [1.82, 2.24) is 0 Å². The number of allylic oxidation sites excluding steroid dienone is 1. The maximum atomic E-state index is 14.4. The van der Waals surface area contributed by atoms with Gasteiger partial charge in [-0.15, -0.1) is 0 Å². The van der Waals surface area contributed by atoms with E-state index < -0.39 is 29.3 Å². The molecule has 6 heteroatoms. The summed E-state index contributed by atoms with van der Waals surface area (Å²) in [7, 11) is 0. The van der Waals surface area contributed by atoms with E-state index in [4.69, 9.17) is 21.4 Å². The van der Waals surface area contributed by atoms with Crippen LogP contribution in [-0.4, -0.2) is 17.7 Å². The number of carbonyl (C=O) groups is 1. The smallest absolute Gasteiger partial charge is 0.306 e. The summed E-state index contributed by atoms with van der Waals surface area (Å²) in [6, 6.07) is 9.78. The molecule has 3 nitrogen and oxygen atoms in total. The quantitative estimate of drug-likeness (QED) is 0.622. The minimum absolute atomic E-state index is 0.0509. The molecule has 28 heavy (non-hydrogen) atoms. The SMILES string of the molecule is CC(Cc1cc(F)c(OCC2=C(c3ccc(Cl)cc3)CCC2)c(F)c1)C(=O)O. The van der Waals surface area contributed by atoms with Gasteiger partial charge >= 0.3 is 5.97 Å². The summed E-state index contributed by atoms with van der Waals surface area (Å²) in [6.07, 6.45) is 2.72. The number of halogens is 3. The number of rotatable bonds is 7. The molecule has 0 radical (unpaired) electrons. The lowest BCUT2D eigenvalue weighted by Crippen LogP contribution is -2.13. The molecule has 0 fully saturated rings. The molecule has 1 N–H and O–H groups in total. The second-order valence-corrected chi connectivity index (χ2v) is 7.50. The number of benzene rings is 2. The highest BCUT2D eigenvalue weighted by atomic mass is 35.5. The standard InChI is InChI=1S/C22H21ClF2O3/c1-13(22(26)27)9-14-10-19(24)21(20(25)11-14)28-12-16-3-2-4-18(16)15-5-7-17(23)8-6-15/h5-8,10-11,13H,2-4,9,12H2,1H3,(H,26,27). The minimum Gasteiger partial charge on any atom is -0.483 e. The van der Waals surface area contributed by atoms with E-state index in [0.29, 0.717) is 10.6 Å². The van der Waals surface area contributed by atoms with Gasteiger partial charge in [-0.05, 0) is 72.2 Å². The fourth-order valence-corrected chi connectivity index (χ4v) is 3.56. The number of aliphatic carboxylic acids is 1. The summed E-state index contributed by atoms with van der Waals surface area (Å²) in [5.74, 6) is -3.81. The van der Waals surface area contributed by atoms with E-state index in [2.05, 4.69) is 0 Å². The zero-order valence-corrected chi connectivity index (χ0v) is 16.2. The second kappa shape index (κ2) is 8.74. The molecule has 2 aromatic carbocycles. The van der Waals surface area contributed by atoms with Crippen LogP contribution in [-0.2, 0) is 11.2 Å². The Kier molecular flexibility index (Phi) is 6.35. The summed E-state index contributed by atoms with van der Waals surface area (Å²) in [5, 5.41) is 9.61. The lowest BCUT2D eigenvalue weighted by Gasteiger charge is -2.13. The van der Waals surface area contributed by atoms with E-state index in [1.807, 2.05) is 24.3 Å². The van der Waals surface area contributed by atoms with Crippen molar-refractivity contribution in [3.05, 3.63) is 69.8 Å². The first-order valence-electron chi connectivity index (χ1n) is 9.15. The Morgan fingerprint density at radius 2 is 1.82 bits per heavy atom. The van der Waals surface area contributed by atoms with Crippen molar-refractivity contribution in [3.8, 4) is 5.75 Å². The summed E-state index contributed by atoms with van der Waals surface area (Å²) in [6.45, 7) is 1.60. The molecular formula is C22H21ClF2O3. The molecule has 0 aromatic heterocycles. The maximum Gasteiger partial charge on any atom is 0.306 e. The van der Waals surface area contributed by atoms with Crippen LogP contribution >= 0.6 is 11.6 Å². The average molecular weight is 407 g/mol. The Morgan fingerprint density at radius 3 is 2.43 bits per heavy atom. The highest BCUT2D eigenvalue weighted by Crippen LogP contribution is 2.35. The predicted molar refractivity (Wildman–Crippen MR) is 105 cm³/mol. The molecule has 1 aliphatic rings. The lowest BCUT2D eigenvalue weighted by molar-refractivity contribution is -0.141. The van der Waals surface area contributed by atoms with Crippen LogP contribution in [0.1, 0.15) is 37.3 Å². The van der Waals surface area contributed by atoms with Gasteiger partial charge in [-0.25, -0.2) is 8.78 Å². The topological polar surface area (TPSA) is 46.5 Å². The van der Waals surface area contributed by atoms with Gasteiger partial charge < -0.3 is 9.84 Å². The van der Waals surface area contributed by atoms with Gasteiger partial charge in [0, 0.05) is 5.02 Å². The highest BCUT2D eigenvalue weighted by Gasteiger charge is 2.20. The van der Waals surface area contributed by atoms with E-state index >= 15 is 0 Å². The molecule has 0 saturated carbocycles. The van der Waals surface area contributed by atoms with Gasteiger partial charge in [0.1, 0.15) is 6.61 Å². The normalized spacial score (nSPS) is 15.0. The molecule has 1 aliphatic carbocycles. The van der Waals surface area contributed by atoms with Crippen LogP contribution in [0.2, 0.25) is 5.02 Å². The van der Waals surface area contributed by atoms with E-state index in [9.17, 15) is 13.6 Å². The Morgan fingerprint density at radius 1 is 1.18 bits per heavy atom. The van der Waals surface area contributed by atoms with Gasteiger partial charge in [-0.3, -0.25) is 4.79 Å². The third kappa shape index (κ3) is 4.71. The molecule has 0 bridgehead atoms. The zero-order valence-electron chi connectivity index (χ0n) is 15.5. The Labute approximate surface area is 167 Å². The van der Waals surface area contributed by atoms with Crippen molar-refractivity contribution in [2.75, 3.05) is 6.61 Å². The first-order valence-corrected chi connectivity index (χ1v) is 9.53. The van der Waals surface area contributed by atoms with E-state index in [1.54, 1.807) is 0 Å². The van der Waals surface area contributed by atoms with Gasteiger partial charge in [-0.1, -0.05) is 30.7 Å². The third-order valence-electron chi connectivity index (χ3n) is 4.94. The predicted octanol–water partition coefficient (Wildman–Crippen LogP) is 5.90. The van der Waals surface area contributed by atoms with Crippen molar-refractivity contribution in [2.24, 2.45) is 5.92 Å². The van der Waals surface area contributed by atoms with Crippen LogP contribution in [0.25, 0.3) is 5.57 Å². The van der Waals surface area contributed by atoms with Crippen molar-refractivity contribution < 1.29 is 23.4 Å². The first kappa shape index (κ1) is 20.3. The molecule has 1 unspecified atom stereocenters. The zero-order chi connectivity index (χ0) is 20.3. The number of carboxylic acids is 1. The number of hydrogen-bond donors (Lipinski definition) is 1. The van der Waals surface area contributed by atoms with Crippen LogP contribution in [0, 0.1) is 17.6 Å². The van der Waals surface area contributed by atoms with Gasteiger partial charge in [0.25, 0.3) is 0 Å². The molecule has 0 heterocycles. The van der Waals surface area contributed by atoms with E-state index in [0.717, 1.165) is 48.1 Å². The molecule has 0 saturated heterocycles. The summed E-state index contributed by atoms with van der Waals surface area (Å²) < 4.78 is 34.2. The lowest BCUT2D eigenvalue weighted by atomic mass is 10.0. The molecule has 3 rings (SSSR count). The van der Waals surface area contributed by atoms with Crippen molar-refractivity contribution in [2.45, 2.75) is 32.6 Å². The average Bonchev–Trinajstić information content (AvgIpc) is 3.10. The Bertz CT molecular complexity index is 883. The first-order chi connectivity index (χ1) is 13.3. The van der Waals surface area contributed by atoms with Crippen LogP contribution in [0.3, 0.4) is 0 Å². The Hall–Kier alpha value is -2.40. The van der Waals surface area contributed by atoms with E-state index in [-0.39, 0.29) is 13.0 Å². The van der Waals surface area contributed by atoms with Crippen LogP contribution in [0.4, 0.5) is 8.78 Å². The maximum absolute atomic E-state index is 14.4. The summed E-state index contributed by atoms with van der Waals surface area (Å²) in [4.78, 5) is 10.9. The van der Waals surface area contributed by atoms with Crippen LogP contribution < -0.4 is 4.74 Å². The number of ether oxygens (including phenoxy) is 1. The fourth-order valence-electron chi connectivity index (χ4n) is 3.43. The van der Waals surface area contributed by atoms with Gasteiger partial charge in [-0.2, -0.15) is 0 Å². The molecular weight excluding hydrogens is 386 g/mol. The number of carboxylic acid groups (broad SMARTS) is 1. The number of hydrogen-bond acceptors (Lipinski definition) is 2. The van der Waals surface area contributed by atoms with Gasteiger partial charge in [0.15, 0.2) is 17.4 Å². The minimum atomic E-state index is -1.01. The summed E-state index contributed by atoms with van der Waals surface area (Å²) in [5.41, 5.74) is 3.48. The highest BCUT2D eigenvalue weighted by molar-refractivity contribution is 6.30. The van der Waals surface area contributed by atoms with Crippen molar-refractivity contribution in [3.63, 3.8) is 0 Å². The fraction of sp³-hybridized carbons (Fsp3) is 0.318. The molecule has 0 amide bonds. The Balaban J connectivity index is 1.75. The molecule has 1 atom stereocenters. The van der Waals surface area contributed by atoms with Gasteiger partial charge in [0.2, 0.25) is 0 Å². The van der Waals surface area contributed by atoms with E-state index in [1.165, 1.54) is 6.92 Å². The monoisotopic (exact) mass is 406 g/mol. The molecule has 148 valence electrons. The van der Waals surface area contributed by atoms with Crippen LogP contribution in [0.5, 0.6) is 5.75 Å². The van der Waals surface area contributed by atoms with Crippen molar-refractivity contribution in [1.29, 1.82) is 0 Å². The van der Waals surface area contributed by atoms with Crippen LogP contribution in [0.15, 0.2) is 42.0 Å². The van der Waals surface area contributed by atoms with Crippen molar-refractivity contribution >= 4 is 23.1 Å².